The topological polar surface area (TPSA) is 27.0 Å². The molecular formula is C16H22N2. The third-order valence-corrected chi connectivity index (χ3v) is 4.23. The van der Waals surface area contributed by atoms with Gasteiger partial charge in [-0.3, -0.25) is 0 Å². The largest absolute Gasteiger partial charge is 0.301 e. The van der Waals surface area contributed by atoms with Gasteiger partial charge in [-0.05, 0) is 70.0 Å². The molecule has 1 aromatic carbocycles. The summed E-state index contributed by atoms with van der Waals surface area (Å²) in [7, 11) is 4.16. The summed E-state index contributed by atoms with van der Waals surface area (Å²) in [4.78, 5) is 2.20. The van der Waals surface area contributed by atoms with Crippen LogP contribution in [0, 0.1) is 37.5 Å². The van der Waals surface area contributed by atoms with Gasteiger partial charge in [0, 0.05) is 0 Å². The molecule has 1 atom stereocenters. The molecule has 18 heavy (non-hydrogen) atoms. The number of hydrogen-bond acceptors (Lipinski definition) is 2. The summed E-state index contributed by atoms with van der Waals surface area (Å²) in [6.07, 6.45) is 2.05. The summed E-state index contributed by atoms with van der Waals surface area (Å²) in [6, 6.07) is 7.29. The predicted octanol–water partition coefficient (Wildman–Crippen LogP) is 3.52. The maximum atomic E-state index is 9.48. The van der Waals surface area contributed by atoms with E-state index in [1.807, 2.05) is 0 Å². The molecule has 1 unspecified atom stereocenters. The van der Waals surface area contributed by atoms with Gasteiger partial charge in [-0.25, -0.2) is 0 Å². The lowest BCUT2D eigenvalue weighted by Gasteiger charge is -2.30. The first-order valence-corrected chi connectivity index (χ1v) is 6.57. The van der Waals surface area contributed by atoms with Crippen molar-refractivity contribution < 1.29 is 0 Å². The summed E-state index contributed by atoms with van der Waals surface area (Å²) in [5.41, 5.74) is 5.11. The number of benzene rings is 1. The summed E-state index contributed by atoms with van der Waals surface area (Å²) in [6.45, 7) is 6.45. The molecule has 96 valence electrons. The summed E-state index contributed by atoms with van der Waals surface area (Å²) in [5, 5.41) is 9.48. The second kappa shape index (κ2) is 4.40. The maximum absolute atomic E-state index is 9.48. The third kappa shape index (κ3) is 2.04. The molecule has 0 saturated heterocycles. The van der Waals surface area contributed by atoms with Gasteiger partial charge in [-0.1, -0.05) is 12.1 Å². The fourth-order valence-electron chi connectivity index (χ4n) is 2.93. The van der Waals surface area contributed by atoms with Crippen LogP contribution in [0.4, 0.5) is 0 Å². The third-order valence-electron chi connectivity index (χ3n) is 4.23. The summed E-state index contributed by atoms with van der Waals surface area (Å²) < 4.78 is 0. The van der Waals surface area contributed by atoms with Crippen LogP contribution in [0.3, 0.4) is 0 Å². The molecule has 0 amide bonds. The van der Waals surface area contributed by atoms with Crippen molar-refractivity contribution in [3.05, 3.63) is 34.4 Å². The Labute approximate surface area is 110 Å². The van der Waals surface area contributed by atoms with Gasteiger partial charge in [0.2, 0.25) is 0 Å². The molecule has 0 radical (unpaired) electrons. The van der Waals surface area contributed by atoms with Crippen molar-refractivity contribution in [3.8, 4) is 6.07 Å². The first kappa shape index (κ1) is 13.1. The minimum Gasteiger partial charge on any atom is -0.301 e. The van der Waals surface area contributed by atoms with Gasteiger partial charge in [0.05, 0.1) is 17.5 Å². The minimum atomic E-state index is -0.157. The van der Waals surface area contributed by atoms with E-state index in [0.29, 0.717) is 0 Å². The summed E-state index contributed by atoms with van der Waals surface area (Å²) in [5.74, 6) is 0. The first-order valence-electron chi connectivity index (χ1n) is 6.57. The van der Waals surface area contributed by atoms with E-state index in [2.05, 4.69) is 58.0 Å². The molecule has 2 nitrogen and oxygen atoms in total. The van der Waals surface area contributed by atoms with E-state index in [9.17, 15) is 5.26 Å². The van der Waals surface area contributed by atoms with Crippen LogP contribution in [0.2, 0.25) is 0 Å². The van der Waals surface area contributed by atoms with Gasteiger partial charge in [0.15, 0.2) is 0 Å². The van der Waals surface area contributed by atoms with E-state index < -0.39 is 0 Å². The quantitative estimate of drug-likeness (QED) is 0.811. The zero-order valence-corrected chi connectivity index (χ0v) is 12.0. The highest BCUT2D eigenvalue weighted by atomic mass is 15.1. The molecule has 0 bridgehead atoms. The fourth-order valence-corrected chi connectivity index (χ4v) is 2.93. The van der Waals surface area contributed by atoms with Gasteiger partial charge in [-0.15, -0.1) is 0 Å². The molecule has 1 aliphatic rings. The van der Waals surface area contributed by atoms with E-state index in [4.69, 9.17) is 0 Å². The molecule has 0 aromatic heterocycles. The molecule has 2 heteroatoms. The van der Waals surface area contributed by atoms with Gasteiger partial charge < -0.3 is 4.90 Å². The van der Waals surface area contributed by atoms with Crippen molar-refractivity contribution in [1.82, 2.24) is 4.90 Å². The predicted molar refractivity (Wildman–Crippen MR) is 74.4 cm³/mol. The van der Waals surface area contributed by atoms with E-state index in [0.717, 1.165) is 12.8 Å². The van der Waals surface area contributed by atoms with E-state index in [1.165, 1.54) is 22.3 Å². The lowest BCUT2D eigenvalue weighted by molar-refractivity contribution is 0.231. The first-order chi connectivity index (χ1) is 8.41. The Balaban J connectivity index is 2.51. The van der Waals surface area contributed by atoms with Crippen LogP contribution in [-0.2, 0) is 0 Å². The Bertz CT molecular complexity index is 505. The highest BCUT2D eigenvalue weighted by molar-refractivity contribution is 5.41. The zero-order chi connectivity index (χ0) is 13.5. The normalized spacial score (nSPS) is 18.5. The Morgan fingerprint density at radius 2 is 1.67 bits per heavy atom. The average Bonchev–Trinajstić information content (AvgIpc) is 3.06. The number of hydrogen-bond donors (Lipinski definition) is 0. The lowest BCUT2D eigenvalue weighted by Crippen LogP contribution is -2.28. The van der Waals surface area contributed by atoms with Crippen molar-refractivity contribution in [2.75, 3.05) is 14.1 Å². The van der Waals surface area contributed by atoms with Crippen LogP contribution in [0.1, 0.15) is 41.1 Å². The maximum Gasteiger partial charge on any atom is 0.0771 e. The number of nitrogens with zero attached hydrogens (tertiary/aromatic N) is 2. The molecule has 1 saturated carbocycles. The molecule has 0 N–H and O–H groups in total. The van der Waals surface area contributed by atoms with Gasteiger partial charge in [0.25, 0.3) is 0 Å². The minimum absolute atomic E-state index is 0.157. The smallest absolute Gasteiger partial charge is 0.0771 e. The number of nitriles is 1. The standard InChI is InChI=1S/C16H22N2/c1-11-8-13(3)14(9-12(11)2)15(18(4)5)16(10-17)6-7-16/h8-9,15H,6-7H2,1-5H3. The fraction of sp³-hybridized carbons (Fsp3) is 0.562. The van der Waals surface area contributed by atoms with Crippen LogP contribution in [0.5, 0.6) is 0 Å². The lowest BCUT2D eigenvalue weighted by atomic mass is 9.86. The van der Waals surface area contributed by atoms with E-state index in [-0.39, 0.29) is 11.5 Å². The van der Waals surface area contributed by atoms with Gasteiger partial charge in [-0.2, -0.15) is 5.26 Å². The molecule has 0 aliphatic heterocycles. The molecule has 1 aromatic rings. The molecule has 2 rings (SSSR count). The monoisotopic (exact) mass is 242 g/mol. The Kier molecular flexibility index (Phi) is 3.21. The van der Waals surface area contributed by atoms with Gasteiger partial charge >= 0.3 is 0 Å². The second-order valence-electron chi connectivity index (χ2n) is 5.93. The Hall–Kier alpha value is -1.33. The molecule has 1 fully saturated rings. The molecule has 0 spiro atoms. The number of rotatable bonds is 3. The van der Waals surface area contributed by atoms with E-state index in [1.54, 1.807) is 0 Å². The SMILES string of the molecule is Cc1cc(C)c(C(N(C)C)C2(C#N)CC2)cc1C. The van der Waals surface area contributed by atoms with Crippen molar-refractivity contribution in [3.63, 3.8) is 0 Å². The second-order valence-corrected chi connectivity index (χ2v) is 5.93. The van der Waals surface area contributed by atoms with Crippen molar-refractivity contribution in [2.45, 2.75) is 39.7 Å². The van der Waals surface area contributed by atoms with Crippen molar-refractivity contribution >= 4 is 0 Å². The summed E-state index contributed by atoms with van der Waals surface area (Å²) >= 11 is 0. The molecule has 1 aliphatic carbocycles. The van der Waals surface area contributed by atoms with Crippen LogP contribution in [0.15, 0.2) is 12.1 Å². The van der Waals surface area contributed by atoms with Gasteiger partial charge in [0.1, 0.15) is 0 Å². The van der Waals surface area contributed by atoms with Crippen LogP contribution in [0.25, 0.3) is 0 Å². The van der Waals surface area contributed by atoms with Crippen molar-refractivity contribution in [2.24, 2.45) is 5.41 Å². The Morgan fingerprint density at radius 3 is 2.11 bits per heavy atom. The highest BCUT2D eigenvalue weighted by Gasteiger charge is 2.52. The molecule has 0 heterocycles. The highest BCUT2D eigenvalue weighted by Crippen LogP contribution is 2.56. The Morgan fingerprint density at radius 1 is 1.11 bits per heavy atom. The van der Waals surface area contributed by atoms with E-state index >= 15 is 0 Å². The average molecular weight is 242 g/mol. The van der Waals surface area contributed by atoms with Crippen LogP contribution < -0.4 is 0 Å². The van der Waals surface area contributed by atoms with Crippen LogP contribution >= 0.6 is 0 Å². The number of aryl methyl sites for hydroxylation is 3. The molecular weight excluding hydrogens is 220 g/mol. The van der Waals surface area contributed by atoms with Crippen molar-refractivity contribution in [1.29, 1.82) is 5.26 Å². The zero-order valence-electron chi connectivity index (χ0n) is 12.0. The van der Waals surface area contributed by atoms with Crippen LogP contribution in [-0.4, -0.2) is 19.0 Å².